The molecular formula is C23H18ClN5O2. The average Bonchev–Trinajstić information content (AvgIpc) is 3.45. The summed E-state index contributed by atoms with van der Waals surface area (Å²) in [6.45, 7) is 0.566. The number of methoxy groups -OCH3 is 1. The van der Waals surface area contributed by atoms with E-state index in [1.54, 1.807) is 13.3 Å². The number of anilines is 1. The van der Waals surface area contributed by atoms with Crippen LogP contribution in [0.2, 0.25) is 5.15 Å². The lowest BCUT2D eigenvalue weighted by Crippen LogP contribution is -1.99. The zero-order chi connectivity index (χ0) is 21.2. The summed E-state index contributed by atoms with van der Waals surface area (Å²) >= 11 is 6.02. The highest BCUT2D eigenvalue weighted by Gasteiger charge is 2.19. The molecule has 0 saturated carbocycles. The van der Waals surface area contributed by atoms with Crippen LogP contribution in [-0.4, -0.2) is 27.3 Å². The topological polar surface area (TPSA) is 86.0 Å². The number of rotatable bonds is 6. The zero-order valence-corrected chi connectivity index (χ0v) is 17.4. The standard InChI is InChI=1S/C23H18ClN5O2/c1-30-17-7-2-14(3-8-17)11-26-23-29-28-22(31-23)16-5-4-15-6-9-18(19(15)10-16)20-12-25-13-21(24)27-20/h2-5,7-10,12-13H,6,11H2,1H3,(H,26,29). The Morgan fingerprint density at radius 2 is 1.97 bits per heavy atom. The van der Waals surface area contributed by atoms with Gasteiger partial charge in [0.2, 0.25) is 5.89 Å². The quantitative estimate of drug-likeness (QED) is 0.469. The number of halogens is 1. The molecule has 1 aliphatic carbocycles. The Balaban J connectivity index is 1.34. The Bertz CT molecular complexity index is 1270. The van der Waals surface area contributed by atoms with E-state index in [0.717, 1.165) is 40.1 Å². The van der Waals surface area contributed by atoms with Crippen LogP contribution in [0.15, 0.2) is 65.4 Å². The molecule has 31 heavy (non-hydrogen) atoms. The normalized spacial score (nSPS) is 12.4. The Morgan fingerprint density at radius 1 is 1.10 bits per heavy atom. The summed E-state index contributed by atoms with van der Waals surface area (Å²) in [7, 11) is 1.65. The lowest BCUT2D eigenvalue weighted by molar-refractivity contribution is 0.414. The third-order valence-electron chi connectivity index (χ3n) is 5.08. The van der Waals surface area contributed by atoms with E-state index < -0.39 is 0 Å². The summed E-state index contributed by atoms with van der Waals surface area (Å²) in [5.74, 6) is 1.26. The predicted molar refractivity (Wildman–Crippen MR) is 118 cm³/mol. The van der Waals surface area contributed by atoms with E-state index in [0.29, 0.717) is 23.6 Å². The number of fused-ring (bicyclic) bond motifs is 1. The fraction of sp³-hybridized carbons (Fsp3) is 0.130. The van der Waals surface area contributed by atoms with Crippen molar-refractivity contribution in [2.45, 2.75) is 13.0 Å². The van der Waals surface area contributed by atoms with Crippen LogP contribution in [0.1, 0.15) is 22.4 Å². The second kappa shape index (κ2) is 8.20. The Hall–Kier alpha value is -3.71. The van der Waals surface area contributed by atoms with Crippen LogP contribution in [0.3, 0.4) is 0 Å². The van der Waals surface area contributed by atoms with Crippen molar-refractivity contribution >= 4 is 23.2 Å². The second-order valence-corrected chi connectivity index (χ2v) is 7.42. The van der Waals surface area contributed by atoms with E-state index in [4.69, 9.17) is 20.8 Å². The molecule has 0 aliphatic heterocycles. The molecule has 0 saturated heterocycles. The van der Waals surface area contributed by atoms with Crippen LogP contribution < -0.4 is 10.1 Å². The van der Waals surface area contributed by atoms with Crippen LogP contribution in [0.25, 0.3) is 17.0 Å². The molecule has 7 nitrogen and oxygen atoms in total. The van der Waals surface area contributed by atoms with Crippen molar-refractivity contribution in [1.82, 2.24) is 20.2 Å². The molecular weight excluding hydrogens is 414 g/mol. The van der Waals surface area contributed by atoms with Crippen LogP contribution in [0.4, 0.5) is 6.01 Å². The summed E-state index contributed by atoms with van der Waals surface area (Å²) < 4.78 is 11.0. The predicted octanol–water partition coefficient (Wildman–Crippen LogP) is 4.79. The first-order chi connectivity index (χ1) is 15.2. The van der Waals surface area contributed by atoms with Crippen molar-refractivity contribution in [3.63, 3.8) is 0 Å². The van der Waals surface area contributed by atoms with Crippen LogP contribution in [0, 0.1) is 0 Å². The van der Waals surface area contributed by atoms with Crippen LogP contribution in [0.5, 0.6) is 5.75 Å². The Morgan fingerprint density at radius 3 is 2.77 bits per heavy atom. The molecule has 0 bridgehead atoms. The van der Waals surface area contributed by atoms with Crippen molar-refractivity contribution in [1.29, 1.82) is 0 Å². The molecule has 2 heterocycles. The van der Waals surface area contributed by atoms with Gasteiger partial charge in [0.25, 0.3) is 0 Å². The minimum atomic E-state index is 0.364. The Labute approximate surface area is 183 Å². The van der Waals surface area contributed by atoms with E-state index >= 15 is 0 Å². The van der Waals surface area contributed by atoms with Crippen LogP contribution >= 0.6 is 11.6 Å². The maximum Gasteiger partial charge on any atom is 0.316 e. The zero-order valence-electron chi connectivity index (χ0n) is 16.7. The SMILES string of the molecule is COc1ccc(CNc2nnc(-c3ccc4c(c3)C(c3cncc(Cl)n3)=CC4)o2)cc1. The molecule has 2 aromatic heterocycles. The van der Waals surface area contributed by atoms with Crippen molar-refractivity contribution in [2.24, 2.45) is 0 Å². The monoisotopic (exact) mass is 431 g/mol. The summed E-state index contributed by atoms with van der Waals surface area (Å²) in [4.78, 5) is 8.54. The third-order valence-corrected chi connectivity index (χ3v) is 5.26. The number of nitrogens with one attached hydrogen (secondary N) is 1. The molecule has 2 aromatic carbocycles. The molecule has 0 amide bonds. The number of nitrogens with zero attached hydrogens (tertiary/aromatic N) is 4. The number of aromatic nitrogens is 4. The minimum Gasteiger partial charge on any atom is -0.497 e. The maximum absolute atomic E-state index is 6.02. The van der Waals surface area contributed by atoms with Gasteiger partial charge >= 0.3 is 6.01 Å². The molecule has 0 spiro atoms. The lowest BCUT2D eigenvalue weighted by Gasteiger charge is -2.07. The van der Waals surface area contributed by atoms with Crippen molar-refractivity contribution < 1.29 is 9.15 Å². The number of benzene rings is 2. The minimum absolute atomic E-state index is 0.364. The van der Waals surface area contributed by atoms with E-state index in [-0.39, 0.29) is 0 Å². The van der Waals surface area contributed by atoms with Gasteiger partial charge in [-0.1, -0.05) is 41.0 Å². The first kappa shape index (κ1) is 19.3. The van der Waals surface area contributed by atoms with Crippen LogP contribution in [-0.2, 0) is 13.0 Å². The maximum atomic E-state index is 6.02. The molecule has 0 radical (unpaired) electrons. The summed E-state index contributed by atoms with van der Waals surface area (Å²) in [5.41, 5.74) is 5.94. The van der Waals surface area contributed by atoms with Gasteiger partial charge in [0.05, 0.1) is 25.2 Å². The molecule has 154 valence electrons. The third kappa shape index (κ3) is 4.00. The summed E-state index contributed by atoms with van der Waals surface area (Å²) in [5, 5.41) is 11.8. The highest BCUT2D eigenvalue weighted by atomic mass is 35.5. The first-order valence-electron chi connectivity index (χ1n) is 9.71. The van der Waals surface area contributed by atoms with E-state index in [2.05, 4.69) is 37.6 Å². The van der Waals surface area contributed by atoms with Crippen molar-refractivity contribution in [2.75, 3.05) is 12.4 Å². The van der Waals surface area contributed by atoms with E-state index in [1.165, 1.54) is 11.8 Å². The molecule has 0 atom stereocenters. The molecule has 5 rings (SSSR count). The smallest absolute Gasteiger partial charge is 0.316 e. The highest BCUT2D eigenvalue weighted by Crippen LogP contribution is 2.35. The number of hydrogen-bond acceptors (Lipinski definition) is 7. The highest BCUT2D eigenvalue weighted by molar-refractivity contribution is 6.29. The Kier molecular flexibility index (Phi) is 5.09. The largest absolute Gasteiger partial charge is 0.497 e. The van der Waals surface area contributed by atoms with Gasteiger partial charge in [-0.05, 0) is 47.4 Å². The van der Waals surface area contributed by atoms with Gasteiger partial charge in [-0.3, -0.25) is 4.98 Å². The van der Waals surface area contributed by atoms with Crippen molar-refractivity contribution in [3.8, 4) is 17.2 Å². The first-order valence-corrected chi connectivity index (χ1v) is 10.1. The van der Waals surface area contributed by atoms with Gasteiger partial charge in [-0.2, -0.15) is 0 Å². The van der Waals surface area contributed by atoms with Gasteiger partial charge in [-0.25, -0.2) is 4.98 Å². The van der Waals surface area contributed by atoms with Gasteiger partial charge in [0, 0.05) is 17.7 Å². The molecule has 0 fully saturated rings. The van der Waals surface area contributed by atoms with Gasteiger partial charge in [0.1, 0.15) is 10.9 Å². The van der Waals surface area contributed by atoms with E-state index in [1.807, 2.05) is 36.4 Å². The summed E-state index contributed by atoms with van der Waals surface area (Å²) in [6, 6.07) is 14.2. The molecule has 8 heteroatoms. The molecule has 1 N–H and O–H groups in total. The molecule has 0 unspecified atom stereocenters. The van der Waals surface area contributed by atoms with E-state index in [9.17, 15) is 0 Å². The summed E-state index contributed by atoms with van der Waals surface area (Å²) in [6.07, 6.45) is 6.20. The van der Waals surface area contributed by atoms with Gasteiger partial charge < -0.3 is 14.5 Å². The van der Waals surface area contributed by atoms with Gasteiger partial charge in [0.15, 0.2) is 0 Å². The average molecular weight is 432 g/mol. The number of hydrogen-bond donors (Lipinski definition) is 1. The lowest BCUT2D eigenvalue weighted by atomic mass is 10.0. The fourth-order valence-corrected chi connectivity index (χ4v) is 3.65. The molecule has 4 aromatic rings. The van der Waals surface area contributed by atoms with Crippen molar-refractivity contribution in [3.05, 3.63) is 88.5 Å². The fourth-order valence-electron chi connectivity index (χ4n) is 3.51. The van der Waals surface area contributed by atoms with Gasteiger partial charge in [-0.15, -0.1) is 5.10 Å². The number of allylic oxidation sites excluding steroid dienone is 1. The number of ether oxygens (including phenoxy) is 1. The second-order valence-electron chi connectivity index (χ2n) is 7.03. The molecule has 1 aliphatic rings.